The van der Waals surface area contributed by atoms with Crippen LogP contribution in [0.25, 0.3) is 0 Å². The molecular formula is C14H25IN4OS. The Morgan fingerprint density at radius 2 is 2.38 bits per heavy atom. The first kappa shape index (κ1) is 18.6. The Bertz CT molecular complexity index is 471. The Morgan fingerprint density at radius 3 is 2.90 bits per heavy atom. The molecule has 1 aliphatic rings. The number of aliphatic hydroxyl groups is 1. The molecule has 21 heavy (non-hydrogen) atoms. The summed E-state index contributed by atoms with van der Waals surface area (Å²) in [5, 5.41) is 13.6. The number of hydrogen-bond acceptors (Lipinski definition) is 3. The molecule has 0 aliphatic carbocycles. The van der Waals surface area contributed by atoms with Crippen LogP contribution in [0.5, 0.6) is 0 Å². The van der Waals surface area contributed by atoms with Gasteiger partial charge in [-0.3, -0.25) is 4.99 Å². The van der Waals surface area contributed by atoms with E-state index in [1.807, 2.05) is 38.1 Å². The van der Waals surface area contributed by atoms with Crippen molar-refractivity contribution in [3.63, 3.8) is 0 Å². The lowest BCUT2D eigenvalue weighted by molar-refractivity contribution is 0.0718. The quantitative estimate of drug-likeness (QED) is 0.437. The van der Waals surface area contributed by atoms with Crippen molar-refractivity contribution < 1.29 is 5.11 Å². The molecule has 5 nitrogen and oxygen atoms in total. The van der Waals surface area contributed by atoms with E-state index in [9.17, 15) is 5.11 Å². The summed E-state index contributed by atoms with van der Waals surface area (Å²) in [6.07, 6.45) is 2.89. The Hall–Kier alpha value is -0.410. The number of aromatic nitrogens is 1. The summed E-state index contributed by atoms with van der Waals surface area (Å²) in [4.78, 5) is 6.36. The summed E-state index contributed by atoms with van der Waals surface area (Å²) >= 11 is 1.81. The molecule has 0 radical (unpaired) electrons. The van der Waals surface area contributed by atoms with Gasteiger partial charge in [-0.05, 0) is 24.3 Å². The van der Waals surface area contributed by atoms with E-state index < -0.39 is 5.60 Å². The first-order chi connectivity index (χ1) is 9.54. The molecule has 1 atom stereocenters. The van der Waals surface area contributed by atoms with Crippen LogP contribution in [0.2, 0.25) is 0 Å². The van der Waals surface area contributed by atoms with Gasteiger partial charge in [0.25, 0.3) is 0 Å². The van der Waals surface area contributed by atoms with Crippen molar-refractivity contribution in [2.45, 2.75) is 18.6 Å². The summed E-state index contributed by atoms with van der Waals surface area (Å²) in [5.41, 5.74) is 0.637. The first-order valence-corrected chi connectivity index (χ1v) is 8.02. The zero-order valence-corrected chi connectivity index (χ0v) is 16.0. The van der Waals surface area contributed by atoms with E-state index in [1.54, 1.807) is 7.05 Å². The second kappa shape index (κ2) is 8.28. The first-order valence-electron chi connectivity index (χ1n) is 6.86. The maximum atomic E-state index is 10.4. The van der Waals surface area contributed by atoms with E-state index in [0.717, 1.165) is 30.4 Å². The van der Waals surface area contributed by atoms with Crippen molar-refractivity contribution in [1.29, 1.82) is 0 Å². The average molecular weight is 424 g/mol. The highest BCUT2D eigenvalue weighted by Crippen LogP contribution is 2.26. The Labute approximate surface area is 148 Å². The monoisotopic (exact) mass is 424 g/mol. The number of aryl methyl sites for hydroxylation is 1. The highest BCUT2D eigenvalue weighted by Gasteiger charge is 2.31. The lowest BCUT2D eigenvalue weighted by Crippen LogP contribution is -2.47. The smallest absolute Gasteiger partial charge is 0.193 e. The van der Waals surface area contributed by atoms with Gasteiger partial charge in [0.2, 0.25) is 0 Å². The number of nitrogens with one attached hydrogen (secondary N) is 1. The van der Waals surface area contributed by atoms with Gasteiger partial charge < -0.3 is 19.9 Å². The van der Waals surface area contributed by atoms with Gasteiger partial charge in [0.1, 0.15) is 0 Å². The molecule has 2 rings (SSSR count). The third-order valence-corrected chi connectivity index (χ3v) is 4.92. The summed E-state index contributed by atoms with van der Waals surface area (Å²) in [7, 11) is 5.82. The molecule has 1 unspecified atom stereocenters. The Balaban J connectivity index is 0.00000220. The predicted octanol–water partition coefficient (Wildman–Crippen LogP) is 1.52. The van der Waals surface area contributed by atoms with Crippen molar-refractivity contribution in [3.05, 3.63) is 24.0 Å². The fourth-order valence-corrected chi connectivity index (χ4v) is 3.64. The number of hydrogen-bond donors (Lipinski definition) is 2. The summed E-state index contributed by atoms with van der Waals surface area (Å²) in [5.74, 6) is 2.66. The zero-order chi connectivity index (χ0) is 14.6. The molecule has 1 aliphatic heterocycles. The molecule has 1 aromatic heterocycles. The number of halogens is 1. The van der Waals surface area contributed by atoms with Crippen LogP contribution >= 0.6 is 35.7 Å². The van der Waals surface area contributed by atoms with Crippen LogP contribution in [-0.4, -0.2) is 58.3 Å². The second-order valence-electron chi connectivity index (χ2n) is 5.39. The van der Waals surface area contributed by atoms with Crippen molar-refractivity contribution in [3.8, 4) is 0 Å². The van der Waals surface area contributed by atoms with Crippen LogP contribution in [0.1, 0.15) is 12.1 Å². The number of guanidine groups is 1. The van der Waals surface area contributed by atoms with Crippen LogP contribution in [0.4, 0.5) is 0 Å². The molecule has 0 amide bonds. The maximum Gasteiger partial charge on any atom is 0.193 e. The molecule has 7 heteroatoms. The van der Waals surface area contributed by atoms with Gasteiger partial charge in [0.15, 0.2) is 5.96 Å². The molecule has 0 bridgehead atoms. The molecule has 0 saturated carbocycles. The molecule has 2 N–H and O–H groups in total. The van der Waals surface area contributed by atoms with Crippen molar-refractivity contribution in [2.75, 3.05) is 32.1 Å². The van der Waals surface area contributed by atoms with Crippen LogP contribution in [0.3, 0.4) is 0 Å². The topological polar surface area (TPSA) is 52.8 Å². The van der Waals surface area contributed by atoms with Gasteiger partial charge >= 0.3 is 0 Å². The molecule has 1 aromatic rings. The molecule has 1 saturated heterocycles. The SMILES string of the molecule is CN=C(NCC1(O)CCSC1)N(C)Cc1cccn1C.I. The number of rotatable bonds is 4. The Morgan fingerprint density at radius 1 is 1.62 bits per heavy atom. The van der Waals surface area contributed by atoms with Gasteiger partial charge in [-0.25, -0.2) is 0 Å². The highest BCUT2D eigenvalue weighted by molar-refractivity contribution is 14.0. The van der Waals surface area contributed by atoms with Gasteiger partial charge in [-0.15, -0.1) is 24.0 Å². The van der Waals surface area contributed by atoms with E-state index in [1.165, 1.54) is 5.69 Å². The van der Waals surface area contributed by atoms with Crippen molar-refractivity contribution in [1.82, 2.24) is 14.8 Å². The lowest BCUT2D eigenvalue weighted by atomic mass is 10.0. The van der Waals surface area contributed by atoms with E-state index in [2.05, 4.69) is 25.8 Å². The molecule has 0 aromatic carbocycles. The van der Waals surface area contributed by atoms with Crippen molar-refractivity contribution in [2.24, 2.45) is 12.0 Å². The molecular weight excluding hydrogens is 399 g/mol. The standard InChI is InChI=1S/C14H24N4OS.HI/c1-15-13(16-10-14(19)6-8-20-11-14)18(3)9-12-5-4-7-17(12)2;/h4-5,7,19H,6,8-11H2,1-3H3,(H,15,16);1H. The zero-order valence-electron chi connectivity index (χ0n) is 12.9. The molecule has 2 heterocycles. The summed E-state index contributed by atoms with van der Waals surface area (Å²) in [6.45, 7) is 1.35. The van der Waals surface area contributed by atoms with Crippen LogP contribution in [0, 0.1) is 0 Å². The normalized spacial score (nSPS) is 22.0. The number of aliphatic imine (C=N–C) groups is 1. The van der Waals surface area contributed by atoms with Crippen molar-refractivity contribution >= 4 is 41.7 Å². The van der Waals surface area contributed by atoms with E-state index in [0.29, 0.717) is 6.54 Å². The van der Waals surface area contributed by atoms with Crippen LogP contribution < -0.4 is 5.32 Å². The summed E-state index contributed by atoms with van der Waals surface area (Å²) < 4.78 is 2.10. The third-order valence-electron chi connectivity index (χ3n) is 3.68. The fourth-order valence-electron chi connectivity index (χ4n) is 2.34. The second-order valence-corrected chi connectivity index (χ2v) is 6.50. The maximum absolute atomic E-state index is 10.4. The fraction of sp³-hybridized carbons (Fsp3) is 0.643. The van der Waals surface area contributed by atoms with Gasteiger partial charge in [-0.2, -0.15) is 11.8 Å². The van der Waals surface area contributed by atoms with E-state index >= 15 is 0 Å². The lowest BCUT2D eigenvalue weighted by Gasteiger charge is -2.27. The predicted molar refractivity (Wildman–Crippen MR) is 101 cm³/mol. The van der Waals surface area contributed by atoms with E-state index in [4.69, 9.17) is 0 Å². The molecule has 120 valence electrons. The minimum Gasteiger partial charge on any atom is -0.387 e. The largest absolute Gasteiger partial charge is 0.387 e. The molecule has 0 spiro atoms. The van der Waals surface area contributed by atoms with Gasteiger partial charge in [0.05, 0.1) is 12.1 Å². The average Bonchev–Trinajstić information content (AvgIpc) is 3.01. The third kappa shape index (κ3) is 5.07. The minimum absolute atomic E-state index is 0. The molecule has 1 fully saturated rings. The summed E-state index contributed by atoms with van der Waals surface area (Å²) in [6, 6.07) is 4.14. The van der Waals surface area contributed by atoms with E-state index in [-0.39, 0.29) is 24.0 Å². The Kier molecular flexibility index (Phi) is 7.35. The van der Waals surface area contributed by atoms with Gasteiger partial charge in [0, 0.05) is 45.3 Å². The van der Waals surface area contributed by atoms with Crippen LogP contribution in [-0.2, 0) is 13.6 Å². The minimum atomic E-state index is -0.591. The highest BCUT2D eigenvalue weighted by atomic mass is 127. The number of nitrogens with zero attached hydrogens (tertiary/aromatic N) is 3. The van der Waals surface area contributed by atoms with Gasteiger partial charge in [-0.1, -0.05) is 0 Å². The number of thioether (sulfide) groups is 1. The van der Waals surface area contributed by atoms with Crippen LogP contribution in [0.15, 0.2) is 23.3 Å².